The smallest absolute Gasteiger partial charge is 0.244 e. The molecule has 7 heteroatoms. The Kier molecular flexibility index (Phi) is 6.45. The highest BCUT2D eigenvalue weighted by molar-refractivity contribution is 6.32. The van der Waals surface area contributed by atoms with E-state index in [1.807, 2.05) is 31.2 Å². The minimum absolute atomic E-state index is 0.251. The summed E-state index contributed by atoms with van der Waals surface area (Å²) in [5.41, 5.74) is 3.00. The lowest BCUT2D eigenvalue weighted by Crippen LogP contribution is -2.20. The lowest BCUT2D eigenvalue weighted by atomic mass is 10.2. The number of aromatic nitrogens is 2. The third-order valence-electron chi connectivity index (χ3n) is 3.92. The molecule has 1 amide bonds. The third-order valence-corrected chi connectivity index (χ3v) is 4.20. The zero-order chi connectivity index (χ0) is 19.9. The van der Waals surface area contributed by atoms with Crippen LogP contribution in [0.2, 0.25) is 5.02 Å². The van der Waals surface area contributed by atoms with Crippen LogP contribution in [0.25, 0.3) is 17.1 Å². The van der Waals surface area contributed by atoms with Crippen LogP contribution < -0.4 is 14.8 Å². The quantitative estimate of drug-likeness (QED) is 0.609. The number of para-hydroxylation sites is 2. The van der Waals surface area contributed by atoms with Crippen molar-refractivity contribution in [3.63, 3.8) is 0 Å². The fourth-order valence-corrected chi connectivity index (χ4v) is 2.91. The van der Waals surface area contributed by atoms with Crippen LogP contribution >= 0.6 is 11.6 Å². The minimum Gasteiger partial charge on any atom is -0.493 e. The van der Waals surface area contributed by atoms with Crippen molar-refractivity contribution in [3.8, 4) is 11.5 Å². The van der Waals surface area contributed by atoms with E-state index >= 15 is 0 Å². The monoisotopic (exact) mass is 397 g/mol. The highest BCUT2D eigenvalue weighted by Gasteiger charge is 2.12. The first-order chi connectivity index (χ1) is 13.6. The Hall–Kier alpha value is -3.12. The molecule has 0 fully saturated rings. The number of benzene rings is 2. The number of nitrogens with zero attached hydrogens (tertiary/aromatic N) is 2. The molecule has 0 aliphatic carbocycles. The molecule has 28 heavy (non-hydrogen) atoms. The first-order valence-corrected chi connectivity index (χ1v) is 9.15. The van der Waals surface area contributed by atoms with Crippen LogP contribution in [0.3, 0.4) is 0 Å². The molecule has 144 valence electrons. The van der Waals surface area contributed by atoms with E-state index in [1.54, 1.807) is 31.5 Å². The summed E-state index contributed by atoms with van der Waals surface area (Å²) in [4.78, 5) is 20.9. The van der Waals surface area contributed by atoms with E-state index in [2.05, 4.69) is 15.3 Å². The van der Waals surface area contributed by atoms with Gasteiger partial charge in [-0.05, 0) is 42.8 Å². The fraction of sp³-hybridized carbons (Fsp3) is 0.190. The van der Waals surface area contributed by atoms with Crippen molar-refractivity contribution in [2.45, 2.75) is 13.5 Å². The van der Waals surface area contributed by atoms with Gasteiger partial charge in [0.1, 0.15) is 0 Å². The molecule has 2 aromatic carbocycles. The molecule has 1 aromatic heterocycles. The molecular formula is C21H20ClN3O3. The Morgan fingerprint density at radius 1 is 1.25 bits per heavy atom. The summed E-state index contributed by atoms with van der Waals surface area (Å²) >= 11 is 6.25. The van der Waals surface area contributed by atoms with Crippen molar-refractivity contribution in [2.75, 3.05) is 13.7 Å². The van der Waals surface area contributed by atoms with Gasteiger partial charge in [-0.25, -0.2) is 4.98 Å². The molecule has 3 rings (SSSR count). The molecule has 3 aromatic rings. The van der Waals surface area contributed by atoms with E-state index in [-0.39, 0.29) is 5.91 Å². The van der Waals surface area contributed by atoms with Crippen molar-refractivity contribution in [3.05, 3.63) is 65.0 Å². The SMILES string of the molecule is CCOc1c(Cl)cc(CNC(=O)C=Cc2cnc3ccccc3n2)cc1OC. The standard InChI is InChI=1S/C21H20ClN3O3/c1-3-28-21-16(22)10-14(11-19(21)27-2)12-24-20(26)9-8-15-13-23-17-6-4-5-7-18(17)25-15/h4-11,13H,3,12H2,1-2H3,(H,24,26). The summed E-state index contributed by atoms with van der Waals surface area (Å²) in [5.74, 6) is 0.774. The maximum absolute atomic E-state index is 12.1. The average Bonchev–Trinajstić information content (AvgIpc) is 2.72. The molecule has 0 spiro atoms. The Morgan fingerprint density at radius 3 is 2.79 bits per heavy atom. The van der Waals surface area contributed by atoms with Crippen LogP contribution in [0.4, 0.5) is 0 Å². The van der Waals surface area contributed by atoms with Gasteiger partial charge in [0.15, 0.2) is 11.5 Å². The first-order valence-electron chi connectivity index (χ1n) is 8.77. The lowest BCUT2D eigenvalue weighted by molar-refractivity contribution is -0.116. The fourth-order valence-electron chi connectivity index (χ4n) is 2.62. The highest BCUT2D eigenvalue weighted by Crippen LogP contribution is 2.36. The van der Waals surface area contributed by atoms with Crippen LogP contribution in [-0.2, 0) is 11.3 Å². The van der Waals surface area contributed by atoms with Crippen LogP contribution in [0.1, 0.15) is 18.2 Å². The average molecular weight is 398 g/mol. The number of fused-ring (bicyclic) bond motifs is 1. The number of hydrogen-bond acceptors (Lipinski definition) is 5. The van der Waals surface area contributed by atoms with Gasteiger partial charge >= 0.3 is 0 Å². The Balaban J connectivity index is 1.64. The van der Waals surface area contributed by atoms with Gasteiger partial charge in [-0.1, -0.05) is 23.7 Å². The molecule has 0 bridgehead atoms. The zero-order valence-electron chi connectivity index (χ0n) is 15.6. The Labute approximate surface area is 168 Å². The van der Waals surface area contributed by atoms with Crippen molar-refractivity contribution < 1.29 is 14.3 Å². The van der Waals surface area contributed by atoms with Crippen molar-refractivity contribution in [1.29, 1.82) is 0 Å². The number of rotatable bonds is 7. The van der Waals surface area contributed by atoms with Crippen LogP contribution in [-0.4, -0.2) is 29.6 Å². The molecule has 0 aliphatic heterocycles. The van der Waals surface area contributed by atoms with Crippen LogP contribution in [0.5, 0.6) is 11.5 Å². The molecule has 6 nitrogen and oxygen atoms in total. The summed E-state index contributed by atoms with van der Waals surface area (Å²) in [6, 6.07) is 11.1. The van der Waals surface area contributed by atoms with Crippen molar-refractivity contribution in [1.82, 2.24) is 15.3 Å². The minimum atomic E-state index is -0.251. The summed E-state index contributed by atoms with van der Waals surface area (Å²) in [6.45, 7) is 2.65. The maximum atomic E-state index is 12.1. The predicted octanol–water partition coefficient (Wildman–Crippen LogP) is 4.02. The summed E-state index contributed by atoms with van der Waals surface area (Å²) < 4.78 is 10.8. The van der Waals surface area contributed by atoms with Gasteiger partial charge in [0, 0.05) is 12.6 Å². The van der Waals surface area contributed by atoms with Gasteiger partial charge in [0.25, 0.3) is 0 Å². The number of ether oxygens (including phenoxy) is 2. The van der Waals surface area contributed by atoms with Gasteiger partial charge in [-0.15, -0.1) is 0 Å². The molecular weight excluding hydrogens is 378 g/mol. The maximum Gasteiger partial charge on any atom is 0.244 e. The second-order valence-corrected chi connectivity index (χ2v) is 6.28. The lowest BCUT2D eigenvalue weighted by Gasteiger charge is -2.13. The largest absolute Gasteiger partial charge is 0.493 e. The highest BCUT2D eigenvalue weighted by atomic mass is 35.5. The Morgan fingerprint density at radius 2 is 2.04 bits per heavy atom. The third kappa shape index (κ3) is 4.78. The molecule has 0 saturated carbocycles. The van der Waals surface area contributed by atoms with E-state index in [9.17, 15) is 4.79 Å². The number of carbonyl (C=O) groups excluding carboxylic acids is 1. The molecule has 0 saturated heterocycles. The van der Waals surface area contributed by atoms with E-state index in [0.29, 0.717) is 35.4 Å². The van der Waals surface area contributed by atoms with E-state index < -0.39 is 0 Å². The van der Waals surface area contributed by atoms with Gasteiger partial charge in [-0.2, -0.15) is 0 Å². The van der Waals surface area contributed by atoms with Crippen LogP contribution in [0.15, 0.2) is 48.7 Å². The normalized spacial score (nSPS) is 11.0. The van der Waals surface area contributed by atoms with Crippen molar-refractivity contribution in [2.24, 2.45) is 0 Å². The van der Waals surface area contributed by atoms with E-state index in [4.69, 9.17) is 21.1 Å². The van der Waals surface area contributed by atoms with Gasteiger partial charge in [0.05, 0.1) is 41.7 Å². The number of methoxy groups -OCH3 is 1. The van der Waals surface area contributed by atoms with E-state index in [0.717, 1.165) is 16.6 Å². The first kappa shape index (κ1) is 19.6. The second-order valence-electron chi connectivity index (χ2n) is 5.88. The molecule has 0 atom stereocenters. The predicted molar refractivity (Wildman–Crippen MR) is 110 cm³/mol. The van der Waals surface area contributed by atoms with Gasteiger partial charge in [-0.3, -0.25) is 9.78 Å². The molecule has 0 unspecified atom stereocenters. The molecule has 1 N–H and O–H groups in total. The summed E-state index contributed by atoms with van der Waals surface area (Å²) in [5, 5.41) is 3.24. The zero-order valence-corrected chi connectivity index (χ0v) is 16.4. The second kappa shape index (κ2) is 9.19. The Bertz CT molecular complexity index is 1020. The van der Waals surface area contributed by atoms with Gasteiger partial charge in [0.2, 0.25) is 5.91 Å². The number of halogens is 1. The molecule has 0 aliphatic rings. The van der Waals surface area contributed by atoms with Gasteiger partial charge < -0.3 is 14.8 Å². The molecule has 0 radical (unpaired) electrons. The number of amides is 1. The van der Waals surface area contributed by atoms with Crippen LogP contribution in [0, 0.1) is 0 Å². The summed E-state index contributed by atoms with van der Waals surface area (Å²) in [6.07, 6.45) is 4.68. The number of carbonyl (C=O) groups is 1. The molecule has 1 heterocycles. The van der Waals surface area contributed by atoms with Crippen molar-refractivity contribution >= 4 is 34.6 Å². The number of nitrogens with one attached hydrogen (secondary N) is 1. The summed E-state index contributed by atoms with van der Waals surface area (Å²) in [7, 11) is 1.55. The number of hydrogen-bond donors (Lipinski definition) is 1. The topological polar surface area (TPSA) is 73.3 Å². The van der Waals surface area contributed by atoms with E-state index in [1.165, 1.54) is 6.08 Å².